The van der Waals surface area contributed by atoms with Crippen molar-refractivity contribution in [1.29, 1.82) is 0 Å². The van der Waals surface area contributed by atoms with E-state index in [0.29, 0.717) is 37.5 Å². The highest BCUT2D eigenvalue weighted by Gasteiger charge is 2.33. The molecule has 2 aromatic heterocycles. The Balaban J connectivity index is 1.68. The molecule has 7 heteroatoms. The van der Waals surface area contributed by atoms with E-state index in [1.165, 1.54) is 6.26 Å². The van der Waals surface area contributed by atoms with Gasteiger partial charge in [0.05, 0.1) is 24.1 Å². The summed E-state index contributed by atoms with van der Waals surface area (Å²) in [5.41, 5.74) is 1.28. The van der Waals surface area contributed by atoms with Gasteiger partial charge in [-0.2, -0.15) is 0 Å². The lowest BCUT2D eigenvalue weighted by Gasteiger charge is -2.35. The van der Waals surface area contributed by atoms with Crippen LogP contribution in [0.4, 0.5) is 0 Å². The summed E-state index contributed by atoms with van der Waals surface area (Å²) in [6.45, 7) is 3.64. The van der Waals surface area contributed by atoms with Crippen molar-refractivity contribution in [3.05, 3.63) is 53.7 Å². The maximum Gasteiger partial charge on any atom is 0.258 e. The summed E-state index contributed by atoms with van der Waals surface area (Å²) in [7, 11) is 0. The van der Waals surface area contributed by atoms with E-state index >= 15 is 0 Å². The van der Waals surface area contributed by atoms with E-state index in [4.69, 9.17) is 4.42 Å². The number of piperazine rings is 1. The molecule has 0 aliphatic carbocycles. The van der Waals surface area contributed by atoms with Crippen molar-refractivity contribution in [3.8, 4) is 0 Å². The van der Waals surface area contributed by atoms with Crippen LogP contribution in [-0.4, -0.2) is 47.4 Å². The van der Waals surface area contributed by atoms with Crippen LogP contribution in [0.25, 0.3) is 0 Å². The summed E-state index contributed by atoms with van der Waals surface area (Å²) in [6, 6.07) is 6.63. The van der Waals surface area contributed by atoms with Crippen LogP contribution in [0.2, 0.25) is 0 Å². The molecule has 2 amide bonds. The number of carbonyl (C=O) groups excluding carboxylic acids is 2. The van der Waals surface area contributed by atoms with E-state index < -0.39 is 6.04 Å². The van der Waals surface area contributed by atoms with E-state index in [-0.39, 0.29) is 11.8 Å². The third-order valence-corrected chi connectivity index (χ3v) is 4.07. The van der Waals surface area contributed by atoms with Gasteiger partial charge >= 0.3 is 0 Å². The first-order chi connectivity index (χ1) is 11.7. The molecule has 2 aromatic rings. The predicted octanol–water partition coefficient (Wildman–Crippen LogP) is 0.713. The van der Waals surface area contributed by atoms with Gasteiger partial charge in [0, 0.05) is 25.8 Å². The molecule has 3 heterocycles. The number of carbonyl (C=O) groups is 2. The molecule has 0 bridgehead atoms. The number of nitrogens with one attached hydrogen (secondary N) is 2. The highest BCUT2D eigenvalue weighted by Crippen LogP contribution is 2.15. The van der Waals surface area contributed by atoms with Gasteiger partial charge in [-0.3, -0.25) is 14.6 Å². The highest BCUT2D eigenvalue weighted by molar-refractivity contribution is 5.98. The van der Waals surface area contributed by atoms with Gasteiger partial charge in [0.15, 0.2) is 0 Å². The smallest absolute Gasteiger partial charge is 0.258 e. The topological polar surface area (TPSA) is 87.5 Å². The lowest BCUT2D eigenvalue weighted by Crippen LogP contribution is -2.59. The van der Waals surface area contributed by atoms with Crippen molar-refractivity contribution < 1.29 is 14.0 Å². The number of aromatic nitrogens is 1. The molecule has 0 spiro atoms. The molecule has 24 heavy (non-hydrogen) atoms. The van der Waals surface area contributed by atoms with Gasteiger partial charge in [-0.05, 0) is 25.1 Å². The molecule has 1 saturated heterocycles. The average Bonchev–Trinajstić information content (AvgIpc) is 3.06. The molecule has 0 unspecified atom stereocenters. The van der Waals surface area contributed by atoms with Crippen molar-refractivity contribution in [3.63, 3.8) is 0 Å². The molecule has 3 rings (SSSR count). The Kier molecular flexibility index (Phi) is 4.90. The van der Waals surface area contributed by atoms with Crippen LogP contribution >= 0.6 is 0 Å². The van der Waals surface area contributed by atoms with Gasteiger partial charge in [0.1, 0.15) is 11.8 Å². The number of amides is 2. The second-order valence-electron chi connectivity index (χ2n) is 5.65. The molecule has 1 atom stereocenters. The third kappa shape index (κ3) is 3.46. The van der Waals surface area contributed by atoms with E-state index in [1.807, 2.05) is 18.2 Å². The van der Waals surface area contributed by atoms with Gasteiger partial charge in [-0.1, -0.05) is 6.07 Å². The van der Waals surface area contributed by atoms with Crippen LogP contribution in [0.5, 0.6) is 0 Å². The van der Waals surface area contributed by atoms with Crippen LogP contribution in [0.15, 0.2) is 41.1 Å². The monoisotopic (exact) mass is 328 g/mol. The summed E-state index contributed by atoms with van der Waals surface area (Å²) in [6.07, 6.45) is 3.17. The fourth-order valence-electron chi connectivity index (χ4n) is 2.74. The summed E-state index contributed by atoms with van der Waals surface area (Å²) in [5, 5.41) is 6.02. The van der Waals surface area contributed by atoms with Gasteiger partial charge in [0.25, 0.3) is 5.91 Å². The summed E-state index contributed by atoms with van der Waals surface area (Å²) in [5.74, 6) is 0.189. The number of hydrogen-bond acceptors (Lipinski definition) is 5. The van der Waals surface area contributed by atoms with Crippen LogP contribution < -0.4 is 10.6 Å². The lowest BCUT2D eigenvalue weighted by molar-refractivity contribution is -0.126. The molecule has 1 aliphatic heterocycles. The molecular formula is C17H20N4O3. The fourth-order valence-corrected chi connectivity index (χ4v) is 2.74. The van der Waals surface area contributed by atoms with Gasteiger partial charge < -0.3 is 20.0 Å². The standard InChI is InChI=1S/C17H20N4O3/c1-12-14(5-9-24-12)17(23)21-8-7-18-11-15(21)16(22)20-10-13-4-2-3-6-19-13/h2-6,9,15,18H,7-8,10-11H2,1H3,(H,20,22)/t15-/m1/s1. The first kappa shape index (κ1) is 16.2. The number of hydrogen-bond donors (Lipinski definition) is 2. The SMILES string of the molecule is Cc1occc1C(=O)N1CCNC[C@@H]1C(=O)NCc1ccccn1. The van der Waals surface area contributed by atoms with Gasteiger partial charge in [-0.25, -0.2) is 0 Å². The Bertz CT molecular complexity index is 714. The molecule has 126 valence electrons. The van der Waals surface area contributed by atoms with Gasteiger partial charge in [-0.15, -0.1) is 0 Å². The van der Waals surface area contributed by atoms with E-state index in [9.17, 15) is 9.59 Å². The van der Waals surface area contributed by atoms with Crippen molar-refractivity contribution >= 4 is 11.8 Å². The molecule has 0 saturated carbocycles. The number of rotatable bonds is 4. The largest absolute Gasteiger partial charge is 0.469 e. The van der Waals surface area contributed by atoms with Crippen molar-refractivity contribution in [1.82, 2.24) is 20.5 Å². The van der Waals surface area contributed by atoms with E-state index in [0.717, 1.165) is 5.69 Å². The quantitative estimate of drug-likeness (QED) is 0.863. The van der Waals surface area contributed by atoms with Gasteiger partial charge in [0.2, 0.25) is 5.91 Å². The van der Waals surface area contributed by atoms with Crippen molar-refractivity contribution in [2.24, 2.45) is 0 Å². The molecule has 1 fully saturated rings. The zero-order chi connectivity index (χ0) is 16.9. The van der Waals surface area contributed by atoms with E-state index in [2.05, 4.69) is 15.6 Å². The number of aryl methyl sites for hydroxylation is 1. The Morgan fingerprint density at radius 2 is 2.29 bits per heavy atom. The van der Waals surface area contributed by atoms with Crippen LogP contribution in [0, 0.1) is 6.92 Å². The number of nitrogens with zero attached hydrogens (tertiary/aromatic N) is 2. The van der Waals surface area contributed by atoms with Crippen molar-refractivity contribution in [2.75, 3.05) is 19.6 Å². The number of furan rings is 1. The summed E-state index contributed by atoms with van der Waals surface area (Å²) >= 11 is 0. The highest BCUT2D eigenvalue weighted by atomic mass is 16.3. The van der Waals surface area contributed by atoms with Crippen molar-refractivity contribution in [2.45, 2.75) is 19.5 Å². The molecule has 0 aromatic carbocycles. The van der Waals surface area contributed by atoms with Crippen LogP contribution in [0.3, 0.4) is 0 Å². The Labute approximate surface area is 140 Å². The minimum absolute atomic E-state index is 0.180. The zero-order valence-corrected chi connectivity index (χ0v) is 13.5. The zero-order valence-electron chi connectivity index (χ0n) is 13.5. The minimum Gasteiger partial charge on any atom is -0.469 e. The Hall–Kier alpha value is -2.67. The normalized spacial score (nSPS) is 17.5. The summed E-state index contributed by atoms with van der Waals surface area (Å²) < 4.78 is 5.21. The summed E-state index contributed by atoms with van der Waals surface area (Å²) in [4.78, 5) is 31.0. The molecule has 2 N–H and O–H groups in total. The molecule has 0 radical (unpaired) electrons. The van der Waals surface area contributed by atoms with Crippen LogP contribution in [0.1, 0.15) is 21.8 Å². The maximum absolute atomic E-state index is 12.7. The lowest BCUT2D eigenvalue weighted by atomic mass is 10.1. The maximum atomic E-state index is 12.7. The third-order valence-electron chi connectivity index (χ3n) is 4.07. The Morgan fingerprint density at radius 3 is 3.00 bits per heavy atom. The fraction of sp³-hybridized carbons (Fsp3) is 0.353. The predicted molar refractivity (Wildman–Crippen MR) is 87.2 cm³/mol. The first-order valence-corrected chi connectivity index (χ1v) is 7.90. The Morgan fingerprint density at radius 1 is 1.42 bits per heavy atom. The van der Waals surface area contributed by atoms with E-state index in [1.54, 1.807) is 24.1 Å². The average molecular weight is 328 g/mol. The molecule has 1 aliphatic rings. The van der Waals surface area contributed by atoms with Crippen LogP contribution in [-0.2, 0) is 11.3 Å². The number of pyridine rings is 1. The second-order valence-corrected chi connectivity index (χ2v) is 5.65. The second kappa shape index (κ2) is 7.27. The minimum atomic E-state index is -0.552. The first-order valence-electron chi connectivity index (χ1n) is 7.90. The molecule has 7 nitrogen and oxygen atoms in total. The molecular weight excluding hydrogens is 308 g/mol.